The monoisotopic (exact) mass is 644 g/mol. The van der Waals surface area contributed by atoms with Crippen LogP contribution in [0.15, 0.2) is 48.8 Å². The van der Waals surface area contributed by atoms with Crippen molar-refractivity contribution >= 4 is 58.4 Å². The average molecular weight is 645 g/mol. The Kier molecular flexibility index (Phi) is 8.83. The number of alkyl halides is 3. The maximum Gasteiger partial charge on any atom is 0.490 e. The van der Waals surface area contributed by atoms with Crippen LogP contribution in [0.5, 0.6) is 0 Å². The highest BCUT2D eigenvalue weighted by Gasteiger charge is 2.44. The highest BCUT2D eigenvalue weighted by Crippen LogP contribution is 2.49. The molecule has 1 aliphatic heterocycles. The molecule has 0 amide bonds. The molecule has 0 atom stereocenters. The fourth-order valence-corrected chi connectivity index (χ4v) is 7.21. The number of fused-ring (bicyclic) bond motifs is 1. The zero-order valence-corrected chi connectivity index (χ0v) is 26.0. The minimum Gasteiger partial charge on any atom is -0.475 e. The van der Waals surface area contributed by atoms with Crippen molar-refractivity contribution in [1.29, 1.82) is 0 Å². The van der Waals surface area contributed by atoms with Crippen LogP contribution in [-0.2, 0) is 9.36 Å². The molecule has 6 rings (SSSR count). The number of aliphatic carboxylic acids is 1. The first-order valence-corrected chi connectivity index (χ1v) is 17.0. The molecule has 1 aliphatic carbocycles. The van der Waals surface area contributed by atoms with Crippen molar-refractivity contribution in [1.82, 2.24) is 19.9 Å². The summed E-state index contributed by atoms with van der Waals surface area (Å²) in [5, 5.41) is 14.6. The maximum atomic E-state index is 12.9. The molecular weight excluding hydrogens is 608 g/mol. The lowest BCUT2D eigenvalue weighted by Crippen LogP contribution is -2.52. The Labute approximate surface area is 258 Å². The summed E-state index contributed by atoms with van der Waals surface area (Å²) in [5.74, 6) is -1.76. The third-order valence-corrected chi connectivity index (χ3v) is 9.82. The van der Waals surface area contributed by atoms with Crippen molar-refractivity contribution in [2.24, 2.45) is 11.1 Å². The topological polar surface area (TPSA) is 162 Å². The van der Waals surface area contributed by atoms with E-state index in [1.54, 1.807) is 19.7 Å². The van der Waals surface area contributed by atoms with Gasteiger partial charge in [0.15, 0.2) is 17.0 Å². The molecule has 2 fully saturated rings. The van der Waals surface area contributed by atoms with Gasteiger partial charge in [-0.25, -0.2) is 9.78 Å². The Hall–Kier alpha value is -4.16. The molecule has 2 aliphatic rings. The molecule has 2 aromatic heterocycles. The third kappa shape index (κ3) is 7.39. The number of imidazole rings is 1. The van der Waals surface area contributed by atoms with Crippen LogP contribution in [0.1, 0.15) is 31.2 Å². The van der Waals surface area contributed by atoms with Crippen LogP contribution in [0.25, 0.3) is 11.2 Å². The number of carbonyl (C=O) groups is 1. The van der Waals surface area contributed by atoms with Crippen molar-refractivity contribution < 1.29 is 27.6 Å². The lowest BCUT2D eigenvalue weighted by atomic mass is 9.60. The zero-order valence-electron chi connectivity index (χ0n) is 25.1. The summed E-state index contributed by atoms with van der Waals surface area (Å²) < 4.78 is 44.6. The number of nitrogens with one attached hydrogen (secondary N) is 3. The number of aryl methyl sites for hydroxylation is 1. The van der Waals surface area contributed by atoms with E-state index in [2.05, 4.69) is 55.6 Å². The van der Waals surface area contributed by atoms with Gasteiger partial charge in [-0.3, -0.25) is 0 Å². The molecule has 11 nitrogen and oxygen atoms in total. The van der Waals surface area contributed by atoms with Gasteiger partial charge in [-0.15, -0.1) is 0 Å². The molecule has 15 heteroatoms. The fourth-order valence-electron chi connectivity index (χ4n) is 6.06. The van der Waals surface area contributed by atoms with Crippen molar-refractivity contribution in [3.05, 3.63) is 54.4 Å². The van der Waals surface area contributed by atoms with Crippen molar-refractivity contribution in [3.8, 4) is 0 Å². The maximum absolute atomic E-state index is 12.9. The van der Waals surface area contributed by atoms with Crippen molar-refractivity contribution in [2.75, 3.05) is 42.0 Å². The minimum atomic E-state index is -5.08. The number of hydrogen-bond donors (Lipinski definition) is 5. The number of nitrogens with two attached hydrogens (primary N) is 1. The zero-order chi connectivity index (χ0) is 32.6. The van der Waals surface area contributed by atoms with Gasteiger partial charge in [0, 0.05) is 35.8 Å². The predicted octanol–water partition coefficient (Wildman–Crippen LogP) is 5.74. The highest BCUT2D eigenvalue weighted by molar-refractivity contribution is 7.70. The number of piperidine rings is 1. The summed E-state index contributed by atoms with van der Waals surface area (Å²) in [4.78, 5) is 28.3. The Morgan fingerprint density at radius 1 is 1.11 bits per heavy atom. The normalized spacial score (nSPS) is 16.6. The molecule has 2 aromatic carbocycles. The van der Waals surface area contributed by atoms with Gasteiger partial charge in [-0.1, -0.05) is 12.1 Å². The first kappa shape index (κ1) is 32.2. The number of aromatic nitrogens is 4. The average Bonchev–Trinajstić information content (AvgIpc) is 3.42. The van der Waals surface area contributed by atoms with Crippen LogP contribution in [0.2, 0.25) is 0 Å². The molecule has 0 bridgehead atoms. The van der Waals surface area contributed by atoms with E-state index in [0.717, 1.165) is 29.8 Å². The second-order valence-corrected chi connectivity index (χ2v) is 15.3. The Morgan fingerprint density at radius 2 is 1.78 bits per heavy atom. The van der Waals surface area contributed by atoms with Gasteiger partial charge in [-0.05, 0) is 87.2 Å². The highest BCUT2D eigenvalue weighted by atomic mass is 31.2. The summed E-state index contributed by atoms with van der Waals surface area (Å²) in [5.41, 5.74) is 12.0. The molecule has 3 heterocycles. The summed E-state index contributed by atoms with van der Waals surface area (Å²) >= 11 is 0. The Morgan fingerprint density at radius 3 is 2.38 bits per heavy atom. The van der Waals surface area contributed by atoms with Gasteiger partial charge in [0.25, 0.3) is 0 Å². The predicted molar refractivity (Wildman–Crippen MR) is 170 cm³/mol. The quantitative estimate of drug-likeness (QED) is 0.164. The summed E-state index contributed by atoms with van der Waals surface area (Å²) in [7, 11) is -2.50. The van der Waals surface area contributed by atoms with Gasteiger partial charge in [0.2, 0.25) is 5.95 Å². The van der Waals surface area contributed by atoms with Crippen LogP contribution in [0, 0.1) is 12.3 Å². The van der Waals surface area contributed by atoms with Crippen LogP contribution in [0.4, 0.5) is 42.0 Å². The third-order valence-electron chi connectivity index (χ3n) is 8.27. The second kappa shape index (κ2) is 12.3. The number of carboxylic acids is 1. The summed E-state index contributed by atoms with van der Waals surface area (Å²) in [6.45, 7) is 7.85. The molecule has 6 N–H and O–H groups in total. The van der Waals surface area contributed by atoms with E-state index in [-0.39, 0.29) is 0 Å². The Balaban J connectivity index is 0.000000515. The number of para-hydroxylation sites is 1. The van der Waals surface area contributed by atoms with E-state index < -0.39 is 19.3 Å². The molecule has 0 radical (unpaired) electrons. The first-order valence-electron chi connectivity index (χ1n) is 14.4. The second-order valence-electron chi connectivity index (χ2n) is 12.1. The van der Waals surface area contributed by atoms with Crippen molar-refractivity contribution in [2.45, 2.75) is 44.8 Å². The molecule has 45 heavy (non-hydrogen) atoms. The molecule has 1 saturated carbocycles. The molecular formula is C30H36F3N8O3P. The summed E-state index contributed by atoms with van der Waals surface area (Å²) in [6, 6.07) is 14.4. The van der Waals surface area contributed by atoms with Gasteiger partial charge < -0.3 is 35.9 Å². The molecule has 4 aromatic rings. The van der Waals surface area contributed by atoms with E-state index in [1.807, 2.05) is 24.3 Å². The van der Waals surface area contributed by atoms with E-state index in [1.165, 1.54) is 36.9 Å². The number of nitrogens with zero attached hydrogens (tertiary/aromatic N) is 4. The number of hydrogen-bond acceptors (Lipinski definition) is 9. The fraction of sp³-hybridized carbons (Fsp3) is 0.400. The van der Waals surface area contributed by atoms with Gasteiger partial charge in [0.05, 0.1) is 12.0 Å². The van der Waals surface area contributed by atoms with Crippen LogP contribution >= 0.6 is 7.14 Å². The van der Waals surface area contributed by atoms with E-state index in [9.17, 15) is 17.7 Å². The van der Waals surface area contributed by atoms with Gasteiger partial charge in [0.1, 0.15) is 7.14 Å². The molecule has 1 saturated heterocycles. The van der Waals surface area contributed by atoms with Crippen LogP contribution < -0.4 is 26.6 Å². The number of rotatable bonds is 6. The van der Waals surface area contributed by atoms with Crippen LogP contribution in [-0.4, -0.2) is 69.6 Å². The number of benzene rings is 2. The molecule has 1 spiro atoms. The number of carboxylic acid groups (broad SMARTS) is 1. The molecule has 240 valence electrons. The van der Waals surface area contributed by atoms with Gasteiger partial charge in [-0.2, -0.15) is 23.1 Å². The number of halogens is 3. The van der Waals surface area contributed by atoms with Crippen molar-refractivity contribution in [3.63, 3.8) is 0 Å². The van der Waals surface area contributed by atoms with E-state index in [0.29, 0.717) is 34.4 Å². The lowest BCUT2D eigenvalue weighted by molar-refractivity contribution is -0.192. The smallest absolute Gasteiger partial charge is 0.475 e. The SMILES string of the molecule is Cc1cc(Nc2nc(Nc3ccccc3P(C)(C)=O)c3nc[nH]c3n2)ccc1N1CCC2(CC1)CC(N)C2.O=C(O)C(F)(F)F. The molecule has 0 unspecified atom stereocenters. The first-order chi connectivity index (χ1) is 21.1. The van der Waals surface area contributed by atoms with Crippen LogP contribution in [0.3, 0.4) is 0 Å². The number of anilines is 5. The lowest BCUT2D eigenvalue weighted by Gasteiger charge is -2.51. The Bertz CT molecular complexity index is 1740. The minimum absolute atomic E-state index is 0.405. The van der Waals surface area contributed by atoms with Gasteiger partial charge >= 0.3 is 12.1 Å². The number of H-pyrrole nitrogens is 1. The standard InChI is InChI=1S/C28H35N8OP.C2HF3O2/c1-18-14-20(8-9-22(18)36-12-10-28(11-13-36)15-19(29)16-28)32-27-34-25-24(30-17-31-25)26(35-27)33-21-6-4-5-7-23(21)38(2,3)37;3-2(4,5)1(6)7/h4-9,14,17,19H,10-13,15-16,29H2,1-3H3,(H3,30,31,32,33,34,35);(H,6,7). The number of aromatic amines is 1. The summed E-state index contributed by atoms with van der Waals surface area (Å²) in [6.07, 6.45) is 1.33. The van der Waals surface area contributed by atoms with E-state index >= 15 is 0 Å². The van der Waals surface area contributed by atoms with E-state index in [4.69, 9.17) is 20.6 Å². The largest absolute Gasteiger partial charge is 0.490 e.